The van der Waals surface area contributed by atoms with Crippen LogP contribution in [0.25, 0.3) is 0 Å². The number of nitrogens with one attached hydrogen (secondary N) is 3. The first-order valence-electron chi connectivity index (χ1n) is 9.51. The highest BCUT2D eigenvalue weighted by Crippen LogP contribution is 2.22. The summed E-state index contributed by atoms with van der Waals surface area (Å²) in [7, 11) is 1.66. The van der Waals surface area contributed by atoms with Crippen LogP contribution in [0.1, 0.15) is 11.1 Å². The van der Waals surface area contributed by atoms with Gasteiger partial charge in [0.05, 0.1) is 26.7 Å². The van der Waals surface area contributed by atoms with Crippen molar-refractivity contribution in [3.05, 3.63) is 59.7 Å². The van der Waals surface area contributed by atoms with Gasteiger partial charge in [-0.2, -0.15) is 0 Å². The standard InChI is InChI=1S/C21H26N4O3S/c1-27-19-8-7-16(13-17(19)15-25-9-11-28-12-10-25)14-20(26)23-24-21(29)22-18-5-3-2-4-6-18/h2-8,13H,9-12,14-15H2,1H3,(H,23,26)(H2,22,24,29). The Kier molecular flexibility index (Phi) is 7.80. The second kappa shape index (κ2) is 10.8. The van der Waals surface area contributed by atoms with Crippen molar-refractivity contribution in [2.24, 2.45) is 0 Å². The Balaban J connectivity index is 1.52. The lowest BCUT2D eigenvalue weighted by atomic mass is 10.1. The van der Waals surface area contributed by atoms with E-state index in [4.69, 9.17) is 21.7 Å². The van der Waals surface area contributed by atoms with Crippen LogP contribution in [0.3, 0.4) is 0 Å². The van der Waals surface area contributed by atoms with E-state index in [1.54, 1.807) is 7.11 Å². The summed E-state index contributed by atoms with van der Waals surface area (Å²) in [4.78, 5) is 14.6. The molecule has 0 aromatic heterocycles. The van der Waals surface area contributed by atoms with Crippen LogP contribution in [-0.4, -0.2) is 49.3 Å². The highest BCUT2D eigenvalue weighted by atomic mass is 32.1. The zero-order chi connectivity index (χ0) is 20.5. The molecule has 154 valence electrons. The number of benzene rings is 2. The highest BCUT2D eigenvalue weighted by molar-refractivity contribution is 7.80. The van der Waals surface area contributed by atoms with E-state index in [-0.39, 0.29) is 12.3 Å². The fourth-order valence-electron chi connectivity index (χ4n) is 3.11. The molecule has 8 heteroatoms. The third-order valence-corrected chi connectivity index (χ3v) is 4.76. The highest BCUT2D eigenvalue weighted by Gasteiger charge is 2.14. The lowest BCUT2D eigenvalue weighted by Gasteiger charge is -2.27. The number of hydrogen-bond acceptors (Lipinski definition) is 5. The third-order valence-electron chi connectivity index (χ3n) is 4.55. The first-order valence-corrected chi connectivity index (χ1v) is 9.91. The van der Waals surface area contributed by atoms with Crippen LogP contribution in [-0.2, 0) is 22.5 Å². The van der Waals surface area contributed by atoms with E-state index in [1.165, 1.54) is 0 Å². The van der Waals surface area contributed by atoms with E-state index in [9.17, 15) is 4.79 Å². The summed E-state index contributed by atoms with van der Waals surface area (Å²) < 4.78 is 10.9. The van der Waals surface area contributed by atoms with Crippen molar-refractivity contribution in [2.75, 3.05) is 38.7 Å². The number of carbonyl (C=O) groups is 1. The Labute approximate surface area is 176 Å². The average Bonchev–Trinajstić information content (AvgIpc) is 2.74. The first-order chi connectivity index (χ1) is 14.1. The van der Waals surface area contributed by atoms with Crippen molar-refractivity contribution in [3.8, 4) is 5.75 Å². The average molecular weight is 415 g/mol. The van der Waals surface area contributed by atoms with E-state index in [2.05, 4.69) is 21.1 Å². The van der Waals surface area contributed by atoms with Crippen LogP contribution in [0, 0.1) is 0 Å². The number of thiocarbonyl (C=S) groups is 1. The minimum absolute atomic E-state index is 0.176. The van der Waals surface area contributed by atoms with Gasteiger partial charge in [-0.15, -0.1) is 0 Å². The maximum Gasteiger partial charge on any atom is 0.242 e. The quantitative estimate of drug-likeness (QED) is 0.494. The molecule has 0 radical (unpaired) electrons. The van der Waals surface area contributed by atoms with Gasteiger partial charge in [0, 0.05) is 30.9 Å². The maximum atomic E-state index is 12.3. The van der Waals surface area contributed by atoms with Gasteiger partial charge in [-0.3, -0.25) is 20.5 Å². The summed E-state index contributed by atoms with van der Waals surface area (Å²) in [6, 6.07) is 15.4. The Bertz CT molecular complexity index is 826. The largest absolute Gasteiger partial charge is 0.496 e. The van der Waals surface area contributed by atoms with Gasteiger partial charge in [0.2, 0.25) is 5.91 Å². The van der Waals surface area contributed by atoms with Crippen molar-refractivity contribution in [1.29, 1.82) is 0 Å². The number of hydrogen-bond donors (Lipinski definition) is 3. The van der Waals surface area contributed by atoms with E-state index in [0.29, 0.717) is 5.11 Å². The summed E-state index contributed by atoms with van der Waals surface area (Å²) in [6.07, 6.45) is 0.237. The van der Waals surface area contributed by atoms with Gasteiger partial charge < -0.3 is 14.8 Å². The number of methoxy groups -OCH3 is 1. The molecule has 0 atom stereocenters. The number of carbonyl (C=O) groups excluding carboxylic acids is 1. The fraction of sp³-hybridized carbons (Fsp3) is 0.333. The molecule has 1 saturated heterocycles. The molecule has 2 aromatic rings. The number of anilines is 1. The Hall–Kier alpha value is -2.68. The molecule has 1 fully saturated rings. The lowest BCUT2D eigenvalue weighted by Crippen LogP contribution is -2.44. The van der Waals surface area contributed by atoms with Crippen molar-refractivity contribution in [1.82, 2.24) is 15.8 Å². The molecule has 3 rings (SSSR count). The van der Waals surface area contributed by atoms with E-state index >= 15 is 0 Å². The van der Waals surface area contributed by atoms with Gasteiger partial charge in [-0.1, -0.05) is 30.3 Å². The monoisotopic (exact) mass is 414 g/mol. The van der Waals surface area contributed by atoms with Gasteiger partial charge in [-0.05, 0) is 36.0 Å². The molecule has 29 heavy (non-hydrogen) atoms. The fourth-order valence-corrected chi connectivity index (χ4v) is 3.27. The summed E-state index contributed by atoms with van der Waals surface area (Å²) >= 11 is 5.19. The van der Waals surface area contributed by atoms with Crippen LogP contribution in [0.5, 0.6) is 5.75 Å². The molecule has 0 bridgehead atoms. The molecule has 1 heterocycles. The second-order valence-corrected chi connectivity index (χ2v) is 7.11. The van der Waals surface area contributed by atoms with Crippen LogP contribution in [0.4, 0.5) is 5.69 Å². The first kappa shape index (κ1) is 21.0. The number of amides is 1. The zero-order valence-corrected chi connectivity index (χ0v) is 17.3. The summed E-state index contributed by atoms with van der Waals surface area (Å²) in [5.74, 6) is 0.650. The predicted molar refractivity (Wildman–Crippen MR) is 117 cm³/mol. The molecule has 3 N–H and O–H groups in total. The number of hydrazine groups is 1. The molecule has 0 unspecified atom stereocenters. The SMILES string of the molecule is COc1ccc(CC(=O)NNC(=S)Nc2ccccc2)cc1CN1CCOCC1. The van der Waals surface area contributed by atoms with Gasteiger partial charge in [0.25, 0.3) is 0 Å². The van der Waals surface area contributed by atoms with Crippen molar-refractivity contribution < 1.29 is 14.3 Å². The van der Waals surface area contributed by atoms with Crippen LogP contribution in [0.15, 0.2) is 48.5 Å². The van der Waals surface area contributed by atoms with Crippen molar-refractivity contribution in [3.63, 3.8) is 0 Å². The molecular weight excluding hydrogens is 388 g/mol. The van der Waals surface area contributed by atoms with Gasteiger partial charge in [0.15, 0.2) is 5.11 Å². The molecule has 1 amide bonds. The van der Waals surface area contributed by atoms with Gasteiger partial charge >= 0.3 is 0 Å². The van der Waals surface area contributed by atoms with Gasteiger partial charge in [-0.25, -0.2) is 0 Å². The van der Waals surface area contributed by atoms with E-state index in [1.807, 2.05) is 48.5 Å². The smallest absolute Gasteiger partial charge is 0.242 e. The number of nitrogens with zero attached hydrogens (tertiary/aromatic N) is 1. The minimum Gasteiger partial charge on any atom is -0.496 e. The molecule has 0 saturated carbocycles. The predicted octanol–water partition coefficient (Wildman–Crippen LogP) is 2.09. The topological polar surface area (TPSA) is 74.9 Å². The maximum absolute atomic E-state index is 12.3. The Morgan fingerprint density at radius 2 is 1.90 bits per heavy atom. The Morgan fingerprint density at radius 1 is 1.14 bits per heavy atom. The van der Waals surface area contributed by atoms with Crippen molar-refractivity contribution in [2.45, 2.75) is 13.0 Å². The number of rotatable bonds is 6. The van der Waals surface area contributed by atoms with Crippen LogP contribution >= 0.6 is 12.2 Å². The normalized spacial score (nSPS) is 14.1. The molecular formula is C21H26N4O3S. The third kappa shape index (κ3) is 6.70. The van der Waals surface area contributed by atoms with Gasteiger partial charge in [0.1, 0.15) is 5.75 Å². The van der Waals surface area contributed by atoms with Crippen LogP contribution < -0.4 is 20.9 Å². The lowest BCUT2D eigenvalue weighted by molar-refractivity contribution is -0.120. The summed E-state index contributed by atoms with van der Waals surface area (Å²) in [5.41, 5.74) is 8.18. The summed E-state index contributed by atoms with van der Waals surface area (Å²) in [5, 5.41) is 3.33. The second-order valence-electron chi connectivity index (χ2n) is 6.70. The molecule has 0 spiro atoms. The molecule has 2 aromatic carbocycles. The van der Waals surface area contributed by atoms with Crippen LogP contribution in [0.2, 0.25) is 0 Å². The minimum atomic E-state index is -0.176. The van der Waals surface area contributed by atoms with Crippen molar-refractivity contribution >= 4 is 28.9 Å². The molecule has 1 aliphatic heterocycles. The van der Waals surface area contributed by atoms with E-state index in [0.717, 1.165) is 55.4 Å². The molecule has 7 nitrogen and oxygen atoms in total. The molecule has 0 aliphatic carbocycles. The zero-order valence-electron chi connectivity index (χ0n) is 16.4. The van der Waals surface area contributed by atoms with E-state index < -0.39 is 0 Å². The number of para-hydroxylation sites is 1. The Morgan fingerprint density at radius 3 is 2.62 bits per heavy atom. The summed E-state index contributed by atoms with van der Waals surface area (Å²) in [6.45, 7) is 4.04. The molecule has 1 aliphatic rings. The number of morpholine rings is 1. The number of ether oxygens (including phenoxy) is 2.